The van der Waals surface area contributed by atoms with Gasteiger partial charge in [-0.05, 0) is 30.2 Å². The van der Waals surface area contributed by atoms with Gasteiger partial charge in [0, 0.05) is 25.9 Å². The molecule has 2 aromatic rings. The number of hydrogen-bond acceptors (Lipinski definition) is 3. The average Bonchev–Trinajstić information content (AvgIpc) is 2.46. The first-order chi connectivity index (χ1) is 10.0. The quantitative estimate of drug-likeness (QED) is 0.903. The van der Waals surface area contributed by atoms with Gasteiger partial charge in [0.05, 0.1) is 0 Å². The smallest absolute Gasteiger partial charge is 0.258 e. The number of carbonyl (C=O) groups is 1. The fraction of sp³-hybridized carbons (Fsp3) is 0.250. The van der Waals surface area contributed by atoms with Gasteiger partial charge in [0.25, 0.3) is 5.91 Å². The summed E-state index contributed by atoms with van der Waals surface area (Å²) in [5.41, 5.74) is 1.87. The third kappa shape index (κ3) is 4.49. The van der Waals surface area contributed by atoms with Crippen LogP contribution in [0.2, 0.25) is 0 Å². The van der Waals surface area contributed by atoms with Crippen molar-refractivity contribution in [2.75, 3.05) is 6.61 Å². The minimum absolute atomic E-state index is 0.0325. The second-order valence-corrected chi connectivity index (χ2v) is 4.87. The predicted molar refractivity (Wildman–Crippen MR) is 80.2 cm³/mol. The number of pyridine rings is 1. The third-order valence-corrected chi connectivity index (χ3v) is 3.00. The van der Waals surface area contributed by atoms with Gasteiger partial charge in [0.2, 0.25) is 5.56 Å². The van der Waals surface area contributed by atoms with E-state index in [1.54, 1.807) is 19.3 Å². The first-order valence-corrected chi connectivity index (χ1v) is 6.66. The van der Waals surface area contributed by atoms with Crippen LogP contribution in [0.4, 0.5) is 0 Å². The van der Waals surface area contributed by atoms with E-state index in [4.69, 9.17) is 4.74 Å². The lowest BCUT2D eigenvalue weighted by molar-refractivity contribution is -0.123. The van der Waals surface area contributed by atoms with Crippen molar-refractivity contribution in [2.24, 2.45) is 7.05 Å². The average molecular weight is 286 g/mol. The third-order valence-electron chi connectivity index (χ3n) is 3.00. The Balaban J connectivity index is 1.82. The molecular formula is C16H18N2O3. The maximum atomic E-state index is 11.7. The summed E-state index contributed by atoms with van der Waals surface area (Å²) in [6.45, 7) is 2.30. The minimum atomic E-state index is -0.203. The summed E-state index contributed by atoms with van der Waals surface area (Å²) in [5.74, 6) is 0.470. The zero-order chi connectivity index (χ0) is 15.2. The Hall–Kier alpha value is -2.56. The van der Waals surface area contributed by atoms with E-state index in [0.29, 0.717) is 12.3 Å². The molecule has 1 aromatic carbocycles. The van der Waals surface area contributed by atoms with Crippen LogP contribution in [0.5, 0.6) is 5.75 Å². The lowest BCUT2D eigenvalue weighted by Gasteiger charge is -2.08. The lowest BCUT2D eigenvalue weighted by Crippen LogP contribution is -2.29. The number of nitrogens with zero attached hydrogens (tertiary/aromatic N) is 1. The predicted octanol–water partition coefficient (Wildman–Crippen LogP) is 1.39. The van der Waals surface area contributed by atoms with Gasteiger partial charge in [0.15, 0.2) is 6.61 Å². The van der Waals surface area contributed by atoms with Crippen LogP contribution in [0.1, 0.15) is 11.1 Å². The maximum absolute atomic E-state index is 11.7. The number of rotatable bonds is 5. The van der Waals surface area contributed by atoms with Crippen LogP contribution < -0.4 is 15.6 Å². The summed E-state index contributed by atoms with van der Waals surface area (Å²) < 4.78 is 6.89. The zero-order valence-electron chi connectivity index (χ0n) is 12.1. The number of amides is 1. The molecule has 0 radical (unpaired) electrons. The van der Waals surface area contributed by atoms with E-state index in [-0.39, 0.29) is 18.1 Å². The van der Waals surface area contributed by atoms with E-state index in [0.717, 1.165) is 11.1 Å². The van der Waals surface area contributed by atoms with Crippen molar-refractivity contribution in [3.63, 3.8) is 0 Å². The molecule has 0 atom stereocenters. The molecule has 0 unspecified atom stereocenters. The zero-order valence-corrected chi connectivity index (χ0v) is 12.1. The van der Waals surface area contributed by atoms with Crippen LogP contribution in [-0.2, 0) is 18.4 Å². The van der Waals surface area contributed by atoms with Crippen molar-refractivity contribution < 1.29 is 9.53 Å². The molecule has 0 aliphatic carbocycles. The van der Waals surface area contributed by atoms with Crippen molar-refractivity contribution in [1.82, 2.24) is 9.88 Å². The van der Waals surface area contributed by atoms with Gasteiger partial charge < -0.3 is 14.6 Å². The van der Waals surface area contributed by atoms with Gasteiger partial charge >= 0.3 is 0 Å². The van der Waals surface area contributed by atoms with E-state index in [9.17, 15) is 9.59 Å². The minimum Gasteiger partial charge on any atom is -0.484 e. The van der Waals surface area contributed by atoms with Crippen molar-refractivity contribution in [1.29, 1.82) is 0 Å². The van der Waals surface area contributed by atoms with E-state index in [2.05, 4.69) is 5.32 Å². The standard InChI is InChI=1S/C16H18N2O3/c1-12-4-3-5-14(8-12)21-11-15(19)17-9-13-6-7-16(20)18(2)10-13/h3-8,10H,9,11H2,1-2H3,(H,17,19). The highest BCUT2D eigenvalue weighted by atomic mass is 16.5. The maximum Gasteiger partial charge on any atom is 0.258 e. The number of hydrogen-bond donors (Lipinski definition) is 1. The Labute approximate surface area is 123 Å². The molecular weight excluding hydrogens is 268 g/mol. The van der Waals surface area contributed by atoms with Crippen LogP contribution in [0.3, 0.4) is 0 Å². The Kier molecular flexibility index (Phi) is 4.77. The molecule has 1 N–H and O–H groups in total. The molecule has 0 saturated carbocycles. The highest BCUT2D eigenvalue weighted by Crippen LogP contribution is 2.11. The van der Waals surface area contributed by atoms with Crippen LogP contribution in [-0.4, -0.2) is 17.1 Å². The van der Waals surface area contributed by atoms with Crippen molar-refractivity contribution in [2.45, 2.75) is 13.5 Å². The molecule has 5 heteroatoms. The van der Waals surface area contributed by atoms with Gasteiger partial charge in [-0.1, -0.05) is 18.2 Å². The number of nitrogens with one attached hydrogen (secondary N) is 1. The largest absolute Gasteiger partial charge is 0.484 e. The van der Waals surface area contributed by atoms with E-state index >= 15 is 0 Å². The summed E-state index contributed by atoms with van der Waals surface area (Å²) >= 11 is 0. The lowest BCUT2D eigenvalue weighted by atomic mass is 10.2. The van der Waals surface area contributed by atoms with Crippen LogP contribution >= 0.6 is 0 Å². The Morgan fingerprint density at radius 3 is 2.81 bits per heavy atom. The number of ether oxygens (including phenoxy) is 1. The van der Waals surface area contributed by atoms with Gasteiger partial charge in [-0.25, -0.2) is 0 Å². The highest BCUT2D eigenvalue weighted by Gasteiger charge is 2.03. The Bertz CT molecular complexity index is 692. The van der Waals surface area contributed by atoms with Crippen molar-refractivity contribution in [3.05, 3.63) is 64.1 Å². The fourth-order valence-electron chi connectivity index (χ4n) is 1.86. The summed E-state index contributed by atoms with van der Waals surface area (Å²) in [5, 5.41) is 2.75. The van der Waals surface area contributed by atoms with Gasteiger partial charge in [-0.15, -0.1) is 0 Å². The van der Waals surface area contributed by atoms with Crippen molar-refractivity contribution in [3.8, 4) is 5.75 Å². The Morgan fingerprint density at radius 1 is 1.29 bits per heavy atom. The summed E-state index contributed by atoms with van der Waals surface area (Å²) in [7, 11) is 1.68. The van der Waals surface area contributed by atoms with Gasteiger partial charge in [0.1, 0.15) is 5.75 Å². The van der Waals surface area contributed by atoms with Crippen molar-refractivity contribution >= 4 is 5.91 Å². The van der Waals surface area contributed by atoms with Gasteiger partial charge in [-0.2, -0.15) is 0 Å². The van der Waals surface area contributed by atoms with Crippen LogP contribution in [0.25, 0.3) is 0 Å². The molecule has 0 bridgehead atoms. The molecule has 21 heavy (non-hydrogen) atoms. The Morgan fingerprint density at radius 2 is 2.10 bits per heavy atom. The van der Waals surface area contributed by atoms with Gasteiger partial charge in [-0.3, -0.25) is 9.59 Å². The van der Waals surface area contributed by atoms with Crippen LogP contribution in [0, 0.1) is 6.92 Å². The molecule has 0 fully saturated rings. The summed E-state index contributed by atoms with van der Waals surface area (Å²) in [6.07, 6.45) is 1.70. The monoisotopic (exact) mass is 286 g/mol. The number of aromatic nitrogens is 1. The second-order valence-electron chi connectivity index (χ2n) is 4.87. The first kappa shape index (κ1) is 14.8. The molecule has 0 aliphatic heterocycles. The normalized spacial score (nSPS) is 10.2. The molecule has 0 aliphatic rings. The molecule has 110 valence electrons. The topological polar surface area (TPSA) is 60.3 Å². The molecule has 0 spiro atoms. The molecule has 1 amide bonds. The van der Waals surface area contributed by atoms with Crippen LogP contribution in [0.15, 0.2) is 47.4 Å². The molecule has 1 aromatic heterocycles. The molecule has 5 nitrogen and oxygen atoms in total. The summed E-state index contributed by atoms with van der Waals surface area (Å²) in [6, 6.07) is 10.7. The van der Waals surface area contributed by atoms with E-state index in [1.165, 1.54) is 10.6 Å². The molecule has 1 heterocycles. The second kappa shape index (κ2) is 6.74. The fourth-order valence-corrected chi connectivity index (χ4v) is 1.86. The SMILES string of the molecule is Cc1cccc(OCC(=O)NCc2ccc(=O)n(C)c2)c1. The molecule has 0 saturated heterocycles. The highest BCUT2D eigenvalue weighted by molar-refractivity contribution is 5.77. The van der Waals surface area contributed by atoms with E-state index < -0.39 is 0 Å². The first-order valence-electron chi connectivity index (χ1n) is 6.66. The summed E-state index contributed by atoms with van der Waals surface area (Å²) in [4.78, 5) is 23.0. The number of benzene rings is 1. The van der Waals surface area contributed by atoms with E-state index in [1.807, 2.05) is 31.2 Å². The number of aryl methyl sites for hydroxylation is 2. The number of carbonyl (C=O) groups excluding carboxylic acids is 1. The molecule has 2 rings (SSSR count).